The van der Waals surface area contributed by atoms with Gasteiger partial charge in [0.2, 0.25) is 0 Å². The Morgan fingerprint density at radius 2 is 1.68 bits per heavy atom. The highest BCUT2D eigenvalue weighted by Gasteiger charge is 2.40. The summed E-state index contributed by atoms with van der Waals surface area (Å²) in [5.41, 5.74) is 5.87. The molecule has 2 heterocycles. The van der Waals surface area contributed by atoms with Crippen molar-refractivity contribution in [1.29, 1.82) is 0 Å². The molecule has 2 atom stereocenters. The fraction of sp³-hybridized carbons (Fsp3) is 0.412. The molecule has 2 aliphatic rings. The molecule has 1 aliphatic heterocycles. The van der Waals surface area contributed by atoms with E-state index in [9.17, 15) is 13.2 Å². The molecule has 4 rings (SSSR count). The van der Waals surface area contributed by atoms with Crippen LogP contribution in [0.25, 0.3) is 11.3 Å². The van der Waals surface area contributed by atoms with E-state index in [1.807, 2.05) is 0 Å². The Kier molecular flexibility index (Phi) is 4.88. The Balaban J connectivity index is 0.00000182. The van der Waals surface area contributed by atoms with E-state index in [0.29, 0.717) is 29.8 Å². The second-order valence-electron chi connectivity index (χ2n) is 6.68. The van der Waals surface area contributed by atoms with Gasteiger partial charge in [0.25, 0.3) is 0 Å². The van der Waals surface area contributed by atoms with Gasteiger partial charge in [-0.25, -0.2) is 13.2 Å². The first kappa shape index (κ1) is 17.9. The molecule has 1 aliphatic carbocycles. The molecule has 4 nitrogen and oxygen atoms in total. The molecule has 0 bridgehead atoms. The summed E-state index contributed by atoms with van der Waals surface area (Å²) >= 11 is 0. The average molecular weight is 371 g/mol. The first-order valence-corrected chi connectivity index (χ1v) is 8.00. The van der Waals surface area contributed by atoms with Gasteiger partial charge in [0.15, 0.2) is 17.5 Å². The molecular weight excluding hydrogens is 353 g/mol. The van der Waals surface area contributed by atoms with E-state index in [0.717, 1.165) is 32.0 Å². The maximum atomic E-state index is 13.8. The zero-order valence-corrected chi connectivity index (χ0v) is 14.1. The highest BCUT2D eigenvalue weighted by atomic mass is 35.5. The fourth-order valence-electron chi connectivity index (χ4n) is 3.91. The van der Waals surface area contributed by atoms with Crippen LogP contribution in [0.4, 0.5) is 19.0 Å². The summed E-state index contributed by atoms with van der Waals surface area (Å²) in [4.78, 5) is 2.14. The molecule has 1 saturated heterocycles. The van der Waals surface area contributed by atoms with Crippen molar-refractivity contribution in [2.75, 3.05) is 18.0 Å². The Bertz CT molecular complexity index is 757. The lowest BCUT2D eigenvalue weighted by molar-refractivity contribution is 0.494. The van der Waals surface area contributed by atoms with E-state index in [4.69, 9.17) is 5.73 Å². The van der Waals surface area contributed by atoms with Gasteiger partial charge in [-0.3, -0.25) is 0 Å². The van der Waals surface area contributed by atoms with E-state index >= 15 is 0 Å². The van der Waals surface area contributed by atoms with Crippen LogP contribution in [0.5, 0.6) is 0 Å². The van der Waals surface area contributed by atoms with Crippen LogP contribution in [0.2, 0.25) is 0 Å². The van der Waals surface area contributed by atoms with Crippen LogP contribution in [0.1, 0.15) is 12.8 Å². The normalized spacial score (nSPS) is 25.0. The SMILES string of the molecule is Cl.NC1CC2CN(c3ccc(-c4cc(F)cc(F)c4F)nn3)CC2C1. The molecule has 2 N–H and O–H groups in total. The summed E-state index contributed by atoms with van der Waals surface area (Å²) in [5, 5.41) is 8.07. The molecule has 1 aromatic carbocycles. The average Bonchev–Trinajstić information content (AvgIpc) is 3.08. The number of nitrogens with two attached hydrogens (primary N) is 1. The summed E-state index contributed by atoms with van der Waals surface area (Å²) in [7, 11) is 0. The van der Waals surface area contributed by atoms with Crippen LogP contribution in [-0.4, -0.2) is 29.3 Å². The first-order valence-electron chi connectivity index (χ1n) is 8.00. The lowest BCUT2D eigenvalue weighted by atomic mass is 10.0. The van der Waals surface area contributed by atoms with Crippen molar-refractivity contribution >= 4 is 18.2 Å². The number of hydrogen-bond acceptors (Lipinski definition) is 4. The molecule has 1 saturated carbocycles. The lowest BCUT2D eigenvalue weighted by Gasteiger charge is -2.18. The number of halogens is 4. The molecule has 8 heteroatoms. The van der Waals surface area contributed by atoms with Gasteiger partial charge >= 0.3 is 0 Å². The maximum absolute atomic E-state index is 13.8. The number of fused-ring (bicyclic) bond motifs is 1. The molecule has 2 unspecified atom stereocenters. The largest absolute Gasteiger partial charge is 0.355 e. The van der Waals surface area contributed by atoms with Gasteiger partial charge < -0.3 is 10.6 Å². The van der Waals surface area contributed by atoms with Crippen molar-refractivity contribution in [2.24, 2.45) is 17.6 Å². The minimum absolute atomic E-state index is 0. The minimum Gasteiger partial charge on any atom is -0.355 e. The summed E-state index contributed by atoms with van der Waals surface area (Å²) < 4.78 is 40.5. The Hall–Kier alpha value is -1.86. The molecule has 0 radical (unpaired) electrons. The molecule has 0 spiro atoms. The van der Waals surface area contributed by atoms with Gasteiger partial charge in [-0.15, -0.1) is 22.6 Å². The minimum atomic E-state index is -1.24. The monoisotopic (exact) mass is 370 g/mol. The third kappa shape index (κ3) is 3.30. The summed E-state index contributed by atoms with van der Waals surface area (Å²) in [6.45, 7) is 1.77. The number of rotatable bonds is 2. The van der Waals surface area contributed by atoms with Crippen LogP contribution in [0.15, 0.2) is 24.3 Å². The van der Waals surface area contributed by atoms with Crippen molar-refractivity contribution in [2.45, 2.75) is 18.9 Å². The molecule has 25 heavy (non-hydrogen) atoms. The molecule has 1 aromatic heterocycles. The third-order valence-corrected chi connectivity index (χ3v) is 5.03. The second-order valence-corrected chi connectivity index (χ2v) is 6.68. The smallest absolute Gasteiger partial charge is 0.168 e. The fourth-order valence-corrected chi connectivity index (χ4v) is 3.91. The summed E-state index contributed by atoms with van der Waals surface area (Å²) in [5.74, 6) is -1.35. The van der Waals surface area contributed by atoms with Crippen LogP contribution in [-0.2, 0) is 0 Å². The van der Waals surface area contributed by atoms with Crippen molar-refractivity contribution < 1.29 is 13.2 Å². The van der Waals surface area contributed by atoms with Crippen molar-refractivity contribution in [3.63, 3.8) is 0 Å². The zero-order chi connectivity index (χ0) is 16.8. The molecule has 134 valence electrons. The molecule has 2 fully saturated rings. The van der Waals surface area contributed by atoms with E-state index in [-0.39, 0.29) is 23.7 Å². The lowest BCUT2D eigenvalue weighted by Crippen LogP contribution is -2.26. The highest BCUT2D eigenvalue weighted by molar-refractivity contribution is 5.85. The highest BCUT2D eigenvalue weighted by Crippen LogP contribution is 2.38. The third-order valence-electron chi connectivity index (χ3n) is 5.03. The van der Waals surface area contributed by atoms with Gasteiger partial charge in [-0.05, 0) is 42.9 Å². The van der Waals surface area contributed by atoms with Crippen LogP contribution >= 0.6 is 12.4 Å². The van der Waals surface area contributed by atoms with Gasteiger partial charge in [-0.1, -0.05) is 0 Å². The Morgan fingerprint density at radius 3 is 2.28 bits per heavy atom. The zero-order valence-electron chi connectivity index (χ0n) is 13.3. The van der Waals surface area contributed by atoms with E-state index < -0.39 is 17.5 Å². The molecule has 2 aromatic rings. The van der Waals surface area contributed by atoms with Gasteiger partial charge in [0, 0.05) is 30.8 Å². The summed E-state index contributed by atoms with van der Waals surface area (Å²) in [6, 6.07) is 4.98. The number of aromatic nitrogens is 2. The number of benzene rings is 1. The van der Waals surface area contributed by atoms with Crippen LogP contribution < -0.4 is 10.6 Å². The van der Waals surface area contributed by atoms with Crippen molar-refractivity contribution in [1.82, 2.24) is 10.2 Å². The summed E-state index contributed by atoms with van der Waals surface area (Å²) in [6.07, 6.45) is 2.06. The maximum Gasteiger partial charge on any atom is 0.168 e. The van der Waals surface area contributed by atoms with E-state index in [1.54, 1.807) is 12.1 Å². The Labute approximate surface area is 149 Å². The van der Waals surface area contributed by atoms with Gasteiger partial charge in [0.1, 0.15) is 5.82 Å². The number of hydrogen-bond donors (Lipinski definition) is 1. The number of nitrogens with zero attached hydrogens (tertiary/aromatic N) is 3. The topological polar surface area (TPSA) is 55.0 Å². The Morgan fingerprint density at radius 1 is 1.00 bits per heavy atom. The predicted molar refractivity (Wildman–Crippen MR) is 91.0 cm³/mol. The van der Waals surface area contributed by atoms with Crippen LogP contribution in [0, 0.1) is 29.3 Å². The van der Waals surface area contributed by atoms with Gasteiger partial charge in [0.05, 0.1) is 5.69 Å². The predicted octanol–water partition coefficient (Wildman–Crippen LogP) is 3.16. The van der Waals surface area contributed by atoms with Crippen molar-refractivity contribution in [3.05, 3.63) is 41.7 Å². The molecule has 0 amide bonds. The van der Waals surface area contributed by atoms with Crippen molar-refractivity contribution in [3.8, 4) is 11.3 Å². The number of anilines is 1. The van der Waals surface area contributed by atoms with Gasteiger partial charge in [-0.2, -0.15) is 0 Å². The quantitative estimate of drug-likeness (QED) is 0.825. The van der Waals surface area contributed by atoms with Crippen LogP contribution in [0.3, 0.4) is 0 Å². The van der Waals surface area contributed by atoms with E-state index in [1.165, 1.54) is 0 Å². The first-order chi connectivity index (χ1) is 11.5. The standard InChI is InChI=1S/C17H17F3N4.ClH/c18-11-5-13(17(20)14(19)6-11)15-1-2-16(23-22-15)24-7-9-3-12(21)4-10(9)8-24;/h1-2,5-6,9-10,12H,3-4,7-8,21H2;1H. The van der Waals surface area contributed by atoms with E-state index in [2.05, 4.69) is 15.1 Å². The second kappa shape index (κ2) is 6.80. The molecular formula is C17H18ClF3N4.